The van der Waals surface area contributed by atoms with Crippen LogP contribution in [0.3, 0.4) is 0 Å². The van der Waals surface area contributed by atoms with Gasteiger partial charge in [-0.2, -0.15) is 5.10 Å². The summed E-state index contributed by atoms with van der Waals surface area (Å²) >= 11 is 0. The zero-order valence-corrected chi connectivity index (χ0v) is 16.3. The van der Waals surface area contributed by atoms with Crippen LogP contribution in [-0.4, -0.2) is 40.3 Å². The predicted octanol–water partition coefficient (Wildman–Crippen LogP) is 4.44. The fourth-order valence-electron chi connectivity index (χ4n) is 3.78. The zero-order chi connectivity index (χ0) is 19.5. The summed E-state index contributed by atoms with van der Waals surface area (Å²) in [6.07, 6.45) is 0.992. The maximum Gasteiger partial charge on any atom is 0.273 e. The highest BCUT2D eigenvalue weighted by atomic mass is 16.5. The fraction of sp³-hybridized carbons (Fsp3) is 0.304. The molecule has 1 aromatic heterocycles. The quantitative estimate of drug-likeness (QED) is 0.621. The molecule has 28 heavy (non-hydrogen) atoms. The minimum atomic E-state index is -0.142. The van der Waals surface area contributed by atoms with Gasteiger partial charge in [0.1, 0.15) is 5.69 Å². The standard InChI is InChI=1S/C23H25N3O2/c1-16(2)28-15-9-14-26-22(18-12-7-4-8-13-18)19-20(17-10-5-3-6-11-17)24-25-21(19)23(26)27/h3-8,10-13,16,22H,9,14-15H2,1-2H3,(H,24,25)/t22-/m0/s1. The molecule has 2 aromatic carbocycles. The largest absolute Gasteiger partial charge is 0.379 e. The van der Waals surface area contributed by atoms with Crippen LogP contribution in [0.15, 0.2) is 60.7 Å². The Kier molecular flexibility index (Phi) is 5.26. The van der Waals surface area contributed by atoms with Crippen LogP contribution in [0.25, 0.3) is 11.3 Å². The van der Waals surface area contributed by atoms with E-state index in [0.29, 0.717) is 18.8 Å². The smallest absolute Gasteiger partial charge is 0.273 e. The van der Waals surface area contributed by atoms with Crippen molar-refractivity contribution in [2.45, 2.75) is 32.4 Å². The first kappa shape index (κ1) is 18.4. The maximum absolute atomic E-state index is 13.2. The summed E-state index contributed by atoms with van der Waals surface area (Å²) in [7, 11) is 0. The first-order valence-corrected chi connectivity index (χ1v) is 9.78. The van der Waals surface area contributed by atoms with E-state index in [2.05, 4.69) is 22.3 Å². The molecule has 1 atom stereocenters. The highest BCUT2D eigenvalue weighted by molar-refractivity contribution is 6.00. The third-order valence-corrected chi connectivity index (χ3v) is 5.02. The van der Waals surface area contributed by atoms with Crippen molar-refractivity contribution < 1.29 is 9.53 Å². The molecule has 0 radical (unpaired) electrons. The number of aromatic nitrogens is 2. The van der Waals surface area contributed by atoms with Gasteiger partial charge < -0.3 is 9.64 Å². The Labute approximate surface area is 165 Å². The van der Waals surface area contributed by atoms with Crippen molar-refractivity contribution in [2.75, 3.05) is 13.2 Å². The molecule has 0 saturated heterocycles. The van der Waals surface area contributed by atoms with Crippen LogP contribution >= 0.6 is 0 Å². The number of nitrogens with zero attached hydrogens (tertiary/aromatic N) is 2. The van der Waals surface area contributed by atoms with Crippen LogP contribution in [0.1, 0.15) is 47.9 Å². The van der Waals surface area contributed by atoms with Gasteiger partial charge in [0.05, 0.1) is 17.8 Å². The Morgan fingerprint density at radius 1 is 1.07 bits per heavy atom. The average Bonchev–Trinajstić information content (AvgIpc) is 3.26. The molecule has 5 nitrogen and oxygen atoms in total. The van der Waals surface area contributed by atoms with Crippen molar-refractivity contribution in [2.24, 2.45) is 0 Å². The normalized spacial score (nSPS) is 16.0. The van der Waals surface area contributed by atoms with E-state index in [4.69, 9.17) is 4.74 Å². The molecule has 0 aliphatic carbocycles. The molecule has 1 N–H and O–H groups in total. The van der Waals surface area contributed by atoms with Crippen molar-refractivity contribution in [3.05, 3.63) is 77.5 Å². The van der Waals surface area contributed by atoms with E-state index in [1.165, 1.54) is 0 Å². The van der Waals surface area contributed by atoms with Gasteiger partial charge in [0, 0.05) is 24.3 Å². The number of nitrogens with one attached hydrogen (secondary N) is 1. The minimum absolute atomic E-state index is 0.00285. The summed E-state index contributed by atoms with van der Waals surface area (Å²) in [5.41, 5.74) is 4.51. The summed E-state index contributed by atoms with van der Waals surface area (Å²) in [6, 6.07) is 20.1. The van der Waals surface area contributed by atoms with Gasteiger partial charge in [-0.15, -0.1) is 0 Å². The third kappa shape index (κ3) is 3.45. The topological polar surface area (TPSA) is 58.2 Å². The number of rotatable bonds is 7. The summed E-state index contributed by atoms with van der Waals surface area (Å²) < 4.78 is 5.67. The van der Waals surface area contributed by atoms with E-state index in [-0.39, 0.29) is 18.1 Å². The first-order valence-electron chi connectivity index (χ1n) is 9.78. The number of aromatic amines is 1. The number of ether oxygens (including phenoxy) is 1. The third-order valence-electron chi connectivity index (χ3n) is 5.02. The molecule has 1 amide bonds. The molecule has 0 spiro atoms. The SMILES string of the molecule is CC(C)OCCCN1C(=O)c2[nH]nc(-c3ccccc3)c2[C@@H]1c1ccccc1. The summed E-state index contributed by atoms with van der Waals surface area (Å²) in [5, 5.41) is 7.49. The van der Waals surface area contributed by atoms with Crippen LogP contribution in [-0.2, 0) is 4.74 Å². The van der Waals surface area contributed by atoms with Gasteiger partial charge in [0.25, 0.3) is 5.91 Å². The summed E-state index contributed by atoms with van der Waals surface area (Å²) in [6.45, 7) is 5.33. The molecule has 0 saturated carbocycles. The van der Waals surface area contributed by atoms with E-state index in [1.807, 2.05) is 67.3 Å². The molecular formula is C23H25N3O2. The van der Waals surface area contributed by atoms with Crippen molar-refractivity contribution in [3.63, 3.8) is 0 Å². The van der Waals surface area contributed by atoms with Gasteiger partial charge in [0.2, 0.25) is 0 Å². The number of carbonyl (C=O) groups is 1. The number of carbonyl (C=O) groups excluding carboxylic acids is 1. The molecule has 0 bridgehead atoms. The van der Waals surface area contributed by atoms with Gasteiger partial charge in [-0.3, -0.25) is 9.89 Å². The number of hydrogen-bond acceptors (Lipinski definition) is 3. The molecule has 5 heteroatoms. The Morgan fingerprint density at radius 3 is 2.43 bits per heavy atom. The number of hydrogen-bond donors (Lipinski definition) is 1. The van der Waals surface area contributed by atoms with Gasteiger partial charge in [-0.25, -0.2) is 0 Å². The van der Waals surface area contributed by atoms with Gasteiger partial charge in [-0.05, 0) is 25.8 Å². The lowest BCUT2D eigenvalue weighted by Crippen LogP contribution is -2.31. The molecule has 4 rings (SSSR count). The van der Waals surface area contributed by atoms with E-state index in [0.717, 1.165) is 28.8 Å². The second kappa shape index (κ2) is 7.98. The highest BCUT2D eigenvalue weighted by Gasteiger charge is 2.41. The first-order chi connectivity index (χ1) is 13.7. The Bertz CT molecular complexity index is 935. The van der Waals surface area contributed by atoms with Crippen LogP contribution in [0, 0.1) is 0 Å². The number of fused-ring (bicyclic) bond motifs is 1. The molecule has 3 aromatic rings. The summed E-state index contributed by atoms with van der Waals surface area (Å²) in [4.78, 5) is 15.1. The van der Waals surface area contributed by atoms with Gasteiger partial charge >= 0.3 is 0 Å². The fourth-order valence-corrected chi connectivity index (χ4v) is 3.78. The Morgan fingerprint density at radius 2 is 1.75 bits per heavy atom. The number of H-pyrrole nitrogens is 1. The van der Waals surface area contributed by atoms with Crippen molar-refractivity contribution in [1.29, 1.82) is 0 Å². The van der Waals surface area contributed by atoms with Crippen LogP contribution in [0.5, 0.6) is 0 Å². The molecule has 0 fully saturated rings. The van der Waals surface area contributed by atoms with E-state index >= 15 is 0 Å². The van der Waals surface area contributed by atoms with Crippen LogP contribution < -0.4 is 0 Å². The van der Waals surface area contributed by atoms with Crippen LogP contribution in [0.2, 0.25) is 0 Å². The molecule has 0 unspecified atom stereocenters. The average molecular weight is 375 g/mol. The summed E-state index contributed by atoms with van der Waals surface area (Å²) in [5.74, 6) is 0.00285. The lowest BCUT2D eigenvalue weighted by Gasteiger charge is -2.26. The molecule has 144 valence electrons. The lowest BCUT2D eigenvalue weighted by atomic mass is 9.96. The number of benzene rings is 2. The molecule has 1 aliphatic heterocycles. The highest BCUT2D eigenvalue weighted by Crippen LogP contribution is 2.42. The van der Waals surface area contributed by atoms with Crippen molar-refractivity contribution in [3.8, 4) is 11.3 Å². The van der Waals surface area contributed by atoms with Crippen LogP contribution in [0.4, 0.5) is 0 Å². The zero-order valence-electron chi connectivity index (χ0n) is 16.3. The van der Waals surface area contributed by atoms with Crippen molar-refractivity contribution >= 4 is 5.91 Å². The second-order valence-electron chi connectivity index (χ2n) is 7.31. The van der Waals surface area contributed by atoms with Gasteiger partial charge in [-0.1, -0.05) is 60.7 Å². The minimum Gasteiger partial charge on any atom is -0.379 e. The van der Waals surface area contributed by atoms with E-state index in [1.54, 1.807) is 0 Å². The Hall–Kier alpha value is -2.92. The maximum atomic E-state index is 13.2. The van der Waals surface area contributed by atoms with E-state index in [9.17, 15) is 4.79 Å². The lowest BCUT2D eigenvalue weighted by molar-refractivity contribution is 0.0601. The second-order valence-corrected chi connectivity index (χ2v) is 7.31. The predicted molar refractivity (Wildman–Crippen MR) is 109 cm³/mol. The van der Waals surface area contributed by atoms with Crippen molar-refractivity contribution in [1.82, 2.24) is 15.1 Å². The molecule has 2 heterocycles. The molecular weight excluding hydrogens is 350 g/mol. The monoisotopic (exact) mass is 375 g/mol. The number of amides is 1. The van der Waals surface area contributed by atoms with E-state index < -0.39 is 0 Å². The molecule has 1 aliphatic rings. The Balaban J connectivity index is 1.70. The van der Waals surface area contributed by atoms with Gasteiger partial charge in [0.15, 0.2) is 0 Å².